The number of hydrogen-bond donors (Lipinski definition) is 1. The molecule has 26 heavy (non-hydrogen) atoms. The van der Waals surface area contributed by atoms with E-state index in [-0.39, 0.29) is 34.3 Å². The number of anilines is 1. The number of esters is 1. The Morgan fingerprint density at radius 1 is 1.35 bits per heavy atom. The largest absolute Gasteiger partial charge is 0.492 e. The number of carbonyl (C=O) groups excluding carboxylic acids is 1. The molecule has 10 heteroatoms. The third-order valence-electron chi connectivity index (χ3n) is 3.21. The summed E-state index contributed by atoms with van der Waals surface area (Å²) in [6.07, 6.45) is 0. The number of nitrogens with two attached hydrogens (primary N) is 1. The van der Waals surface area contributed by atoms with Gasteiger partial charge in [-0.1, -0.05) is 11.6 Å². The van der Waals surface area contributed by atoms with Gasteiger partial charge in [-0.05, 0) is 25.1 Å². The number of halogens is 4. The molecule has 1 aromatic heterocycles. The molecule has 0 aliphatic rings. The summed E-state index contributed by atoms with van der Waals surface area (Å²) >= 11 is 5.84. The number of methoxy groups -OCH3 is 1. The average Bonchev–Trinajstić information content (AvgIpc) is 2.57. The fourth-order valence-electron chi connectivity index (χ4n) is 2.16. The number of ether oxygens (including phenoxy) is 3. The predicted octanol–water partition coefficient (Wildman–Crippen LogP) is 3.91. The molecule has 2 N–H and O–H groups in total. The van der Waals surface area contributed by atoms with Crippen molar-refractivity contribution < 1.29 is 32.2 Å². The SMILES string of the molecule is CCOC(=O)c1nc(-c2ccc(Cl)c(OC)c2F)cc(N)c1OC(F)F. The van der Waals surface area contributed by atoms with E-state index < -0.39 is 29.8 Å². The summed E-state index contributed by atoms with van der Waals surface area (Å²) in [6, 6.07) is 3.72. The zero-order valence-corrected chi connectivity index (χ0v) is 14.4. The highest BCUT2D eigenvalue weighted by Gasteiger charge is 2.25. The van der Waals surface area contributed by atoms with Gasteiger partial charge in [-0.2, -0.15) is 8.78 Å². The van der Waals surface area contributed by atoms with Crippen LogP contribution in [0.25, 0.3) is 11.3 Å². The standard InChI is InChI=1S/C16H14ClF3N2O4/c1-3-25-15(23)12-14(26-16(19)20)9(21)6-10(22-12)7-4-5-8(17)13(24-2)11(7)18/h4-6,16H,3H2,1-2H3,(H2,21,22). The number of carbonyl (C=O) groups is 1. The second kappa shape index (κ2) is 8.13. The van der Waals surface area contributed by atoms with Gasteiger partial charge in [0.2, 0.25) is 0 Å². The summed E-state index contributed by atoms with van der Waals surface area (Å²) in [7, 11) is 1.22. The minimum atomic E-state index is -3.24. The van der Waals surface area contributed by atoms with Crippen molar-refractivity contribution in [3.05, 3.63) is 34.7 Å². The number of hydrogen-bond acceptors (Lipinski definition) is 6. The van der Waals surface area contributed by atoms with E-state index in [1.165, 1.54) is 26.2 Å². The van der Waals surface area contributed by atoms with Crippen molar-refractivity contribution in [3.8, 4) is 22.8 Å². The molecule has 1 aromatic carbocycles. The first-order valence-corrected chi connectivity index (χ1v) is 7.62. The van der Waals surface area contributed by atoms with Crippen LogP contribution in [-0.4, -0.2) is 31.3 Å². The van der Waals surface area contributed by atoms with Gasteiger partial charge in [-0.3, -0.25) is 0 Å². The molecular weight excluding hydrogens is 377 g/mol. The first kappa shape index (κ1) is 19.6. The first-order valence-electron chi connectivity index (χ1n) is 7.24. The van der Waals surface area contributed by atoms with Crippen LogP contribution in [0, 0.1) is 5.82 Å². The van der Waals surface area contributed by atoms with Gasteiger partial charge < -0.3 is 19.9 Å². The quantitative estimate of drug-likeness (QED) is 0.753. The van der Waals surface area contributed by atoms with Crippen molar-refractivity contribution in [3.63, 3.8) is 0 Å². The Balaban J connectivity index is 2.67. The van der Waals surface area contributed by atoms with Crippen LogP contribution in [0.15, 0.2) is 18.2 Å². The topological polar surface area (TPSA) is 83.7 Å². The smallest absolute Gasteiger partial charge is 0.387 e. The number of rotatable bonds is 6. The molecule has 0 unspecified atom stereocenters. The highest BCUT2D eigenvalue weighted by molar-refractivity contribution is 6.32. The Bertz CT molecular complexity index is 834. The van der Waals surface area contributed by atoms with Gasteiger partial charge in [-0.15, -0.1) is 0 Å². The van der Waals surface area contributed by atoms with Gasteiger partial charge in [0, 0.05) is 5.56 Å². The van der Waals surface area contributed by atoms with E-state index in [1.807, 2.05) is 0 Å². The lowest BCUT2D eigenvalue weighted by Gasteiger charge is -2.15. The molecule has 0 spiro atoms. The third-order valence-corrected chi connectivity index (χ3v) is 3.50. The maximum atomic E-state index is 14.6. The zero-order valence-electron chi connectivity index (χ0n) is 13.7. The molecule has 0 aliphatic carbocycles. The maximum Gasteiger partial charge on any atom is 0.387 e. The molecule has 140 valence electrons. The van der Waals surface area contributed by atoms with E-state index in [0.29, 0.717) is 0 Å². The van der Waals surface area contributed by atoms with Crippen molar-refractivity contribution in [2.24, 2.45) is 0 Å². The second-order valence-electron chi connectivity index (χ2n) is 4.82. The van der Waals surface area contributed by atoms with Crippen molar-refractivity contribution in [1.29, 1.82) is 0 Å². The van der Waals surface area contributed by atoms with E-state index >= 15 is 0 Å². The van der Waals surface area contributed by atoms with Crippen LogP contribution in [0.2, 0.25) is 5.02 Å². The maximum absolute atomic E-state index is 14.6. The molecule has 1 heterocycles. The van der Waals surface area contributed by atoms with Crippen LogP contribution in [0.5, 0.6) is 11.5 Å². The fourth-order valence-corrected chi connectivity index (χ4v) is 2.38. The van der Waals surface area contributed by atoms with Crippen LogP contribution >= 0.6 is 11.6 Å². The molecule has 2 aromatic rings. The van der Waals surface area contributed by atoms with Crippen molar-refractivity contribution in [2.75, 3.05) is 19.5 Å². The van der Waals surface area contributed by atoms with Gasteiger partial charge in [0.15, 0.2) is 23.0 Å². The van der Waals surface area contributed by atoms with Crippen molar-refractivity contribution in [1.82, 2.24) is 4.98 Å². The molecule has 0 fully saturated rings. The fraction of sp³-hybridized carbons (Fsp3) is 0.250. The summed E-state index contributed by atoms with van der Waals surface area (Å²) in [4.78, 5) is 15.9. The Morgan fingerprint density at radius 3 is 2.62 bits per heavy atom. The number of nitrogens with zero attached hydrogens (tertiary/aromatic N) is 1. The summed E-state index contributed by atoms with van der Waals surface area (Å²) in [5.74, 6) is -2.79. The van der Waals surface area contributed by atoms with Gasteiger partial charge in [-0.25, -0.2) is 14.2 Å². The molecule has 0 saturated heterocycles. The molecule has 0 atom stereocenters. The average molecular weight is 391 g/mol. The number of alkyl halides is 2. The summed E-state index contributed by atoms with van der Waals surface area (Å²) in [6.45, 7) is -1.77. The van der Waals surface area contributed by atoms with Crippen LogP contribution in [0.3, 0.4) is 0 Å². The van der Waals surface area contributed by atoms with Gasteiger partial charge in [0.1, 0.15) is 0 Å². The molecule has 6 nitrogen and oxygen atoms in total. The molecule has 0 amide bonds. The minimum Gasteiger partial charge on any atom is -0.492 e. The van der Waals surface area contributed by atoms with Gasteiger partial charge in [0.25, 0.3) is 0 Å². The van der Waals surface area contributed by atoms with E-state index in [2.05, 4.69) is 9.72 Å². The van der Waals surface area contributed by atoms with E-state index in [1.54, 1.807) is 0 Å². The Morgan fingerprint density at radius 2 is 2.04 bits per heavy atom. The molecule has 2 rings (SSSR count). The molecular formula is C16H14ClF3N2O4. The van der Waals surface area contributed by atoms with Crippen LogP contribution in [0.1, 0.15) is 17.4 Å². The zero-order chi connectivity index (χ0) is 19.4. The number of nitrogen functional groups attached to an aromatic ring is 1. The Labute approximate surface area is 151 Å². The minimum absolute atomic E-state index is 0.0185. The lowest BCUT2D eigenvalue weighted by Crippen LogP contribution is -2.15. The molecule has 0 bridgehead atoms. The van der Waals surface area contributed by atoms with Crippen LogP contribution in [-0.2, 0) is 4.74 Å². The normalized spacial score (nSPS) is 10.7. The Kier molecular flexibility index (Phi) is 6.14. The predicted molar refractivity (Wildman–Crippen MR) is 88.2 cm³/mol. The monoisotopic (exact) mass is 390 g/mol. The third kappa shape index (κ3) is 3.93. The summed E-state index contributed by atoms with van der Waals surface area (Å²) in [5.41, 5.74) is 4.55. The second-order valence-corrected chi connectivity index (χ2v) is 5.22. The number of benzene rings is 1. The van der Waals surface area contributed by atoms with E-state index in [4.69, 9.17) is 26.8 Å². The van der Waals surface area contributed by atoms with Gasteiger partial charge >= 0.3 is 12.6 Å². The van der Waals surface area contributed by atoms with Crippen molar-refractivity contribution in [2.45, 2.75) is 13.5 Å². The lowest BCUT2D eigenvalue weighted by molar-refractivity contribution is -0.0502. The van der Waals surface area contributed by atoms with Gasteiger partial charge in [0.05, 0.1) is 30.1 Å². The summed E-state index contributed by atoms with van der Waals surface area (Å²) in [5, 5.41) is 0.0185. The summed E-state index contributed by atoms with van der Waals surface area (Å²) < 4.78 is 53.7. The lowest BCUT2D eigenvalue weighted by atomic mass is 10.1. The molecule has 0 saturated carbocycles. The van der Waals surface area contributed by atoms with Crippen LogP contribution < -0.4 is 15.2 Å². The molecule has 0 aliphatic heterocycles. The number of aromatic nitrogens is 1. The molecule has 0 radical (unpaired) electrons. The van der Waals surface area contributed by atoms with Crippen molar-refractivity contribution >= 4 is 23.3 Å². The Hall–Kier alpha value is -2.68. The van der Waals surface area contributed by atoms with E-state index in [0.717, 1.165) is 6.07 Å². The number of pyridine rings is 1. The van der Waals surface area contributed by atoms with Crippen LogP contribution in [0.4, 0.5) is 18.9 Å². The first-order chi connectivity index (χ1) is 12.3. The highest BCUT2D eigenvalue weighted by atomic mass is 35.5. The highest BCUT2D eigenvalue weighted by Crippen LogP contribution is 2.37. The van der Waals surface area contributed by atoms with E-state index in [9.17, 15) is 18.0 Å².